The van der Waals surface area contributed by atoms with Gasteiger partial charge < -0.3 is 11.1 Å². The lowest BCUT2D eigenvalue weighted by atomic mass is 10.2. The summed E-state index contributed by atoms with van der Waals surface area (Å²) in [7, 11) is 0. The largest absolute Gasteiger partial charge is 0.327 e. The smallest absolute Gasteiger partial charge is 0.0416 e. The number of pyridine rings is 1. The maximum atomic E-state index is 6.14. The molecule has 0 spiro atoms. The lowest BCUT2D eigenvalue weighted by molar-refractivity contribution is 0.592. The Hall–Kier alpha value is -1.36. The normalized spacial score (nSPS) is 12.2. The van der Waals surface area contributed by atoms with Gasteiger partial charge in [-0.2, -0.15) is 0 Å². The summed E-state index contributed by atoms with van der Waals surface area (Å²) < 4.78 is 0. The topological polar surface area (TPSA) is 50.9 Å². The fourth-order valence-electron chi connectivity index (χ4n) is 1.98. The molecule has 3 N–H and O–H groups in total. The molecule has 0 aliphatic heterocycles. The average molecular weight is 301 g/mol. The minimum Gasteiger partial charge on any atom is -0.327 e. The first-order valence-corrected chi connectivity index (χ1v) is 8.37. The third-order valence-corrected chi connectivity index (χ3v) is 4.38. The van der Waals surface area contributed by atoms with Crippen LogP contribution in [-0.4, -0.2) is 29.9 Å². The minimum atomic E-state index is 0.234. The van der Waals surface area contributed by atoms with E-state index in [0.717, 1.165) is 37.4 Å². The van der Waals surface area contributed by atoms with Gasteiger partial charge in [-0.05, 0) is 37.2 Å². The fraction of sp³-hybridized carbons (Fsp3) is 0.353. The summed E-state index contributed by atoms with van der Waals surface area (Å²) >= 11 is 1.83. The van der Waals surface area contributed by atoms with E-state index in [9.17, 15) is 0 Å². The Kier molecular flexibility index (Phi) is 7.29. The monoisotopic (exact) mass is 301 g/mol. The molecule has 0 bridgehead atoms. The van der Waals surface area contributed by atoms with Gasteiger partial charge in [0.2, 0.25) is 0 Å². The molecule has 1 atom stereocenters. The Balaban J connectivity index is 1.52. The molecule has 0 fully saturated rings. The molecular weight excluding hydrogens is 278 g/mol. The summed E-state index contributed by atoms with van der Waals surface area (Å²) in [5.74, 6) is 0.964. The maximum Gasteiger partial charge on any atom is 0.0416 e. The first-order chi connectivity index (χ1) is 10.3. The van der Waals surface area contributed by atoms with E-state index >= 15 is 0 Å². The van der Waals surface area contributed by atoms with Gasteiger partial charge in [0.1, 0.15) is 0 Å². The molecule has 1 heterocycles. The maximum absolute atomic E-state index is 6.14. The van der Waals surface area contributed by atoms with Crippen LogP contribution in [-0.2, 0) is 6.42 Å². The highest BCUT2D eigenvalue weighted by molar-refractivity contribution is 7.99. The van der Waals surface area contributed by atoms with Gasteiger partial charge in [-0.1, -0.05) is 24.3 Å². The van der Waals surface area contributed by atoms with Crippen LogP contribution in [0.25, 0.3) is 0 Å². The van der Waals surface area contributed by atoms with Crippen LogP contribution in [0.15, 0.2) is 59.6 Å². The van der Waals surface area contributed by atoms with Gasteiger partial charge in [0, 0.05) is 41.5 Å². The number of hydrogen-bond donors (Lipinski definition) is 2. The van der Waals surface area contributed by atoms with Crippen LogP contribution in [0.5, 0.6) is 0 Å². The zero-order chi connectivity index (χ0) is 14.8. The molecule has 0 saturated heterocycles. The zero-order valence-electron chi connectivity index (χ0n) is 12.2. The number of nitrogens with two attached hydrogens (primary N) is 1. The summed E-state index contributed by atoms with van der Waals surface area (Å²) in [6.45, 7) is 1.92. The van der Waals surface area contributed by atoms with E-state index in [2.05, 4.69) is 40.6 Å². The van der Waals surface area contributed by atoms with Crippen molar-refractivity contribution in [2.24, 2.45) is 5.73 Å². The van der Waals surface area contributed by atoms with E-state index in [1.54, 1.807) is 0 Å². The van der Waals surface area contributed by atoms with Gasteiger partial charge in [-0.3, -0.25) is 4.98 Å². The van der Waals surface area contributed by atoms with Crippen LogP contribution in [0.1, 0.15) is 12.1 Å². The number of nitrogens with one attached hydrogen (secondary N) is 1. The van der Waals surface area contributed by atoms with Crippen molar-refractivity contribution in [2.75, 3.05) is 18.8 Å². The van der Waals surface area contributed by atoms with Gasteiger partial charge in [-0.25, -0.2) is 0 Å². The second-order valence-corrected chi connectivity index (χ2v) is 6.09. The average Bonchev–Trinajstić information content (AvgIpc) is 2.54. The highest BCUT2D eigenvalue weighted by Gasteiger charge is 2.03. The van der Waals surface area contributed by atoms with Crippen molar-refractivity contribution >= 4 is 11.8 Å². The van der Waals surface area contributed by atoms with Crippen molar-refractivity contribution in [3.05, 3.63) is 60.4 Å². The minimum absolute atomic E-state index is 0.234. The highest BCUT2D eigenvalue weighted by atomic mass is 32.2. The number of thioether (sulfide) groups is 1. The van der Waals surface area contributed by atoms with Gasteiger partial charge >= 0.3 is 0 Å². The van der Waals surface area contributed by atoms with Crippen LogP contribution >= 0.6 is 11.8 Å². The lowest BCUT2D eigenvalue weighted by Gasteiger charge is -2.11. The fourth-order valence-corrected chi connectivity index (χ4v) is 2.90. The number of benzene rings is 1. The van der Waals surface area contributed by atoms with Crippen molar-refractivity contribution in [3.63, 3.8) is 0 Å². The van der Waals surface area contributed by atoms with Gasteiger partial charge in [-0.15, -0.1) is 11.8 Å². The predicted molar refractivity (Wildman–Crippen MR) is 90.6 cm³/mol. The quantitative estimate of drug-likeness (QED) is 0.552. The van der Waals surface area contributed by atoms with Gasteiger partial charge in [0.15, 0.2) is 0 Å². The third-order valence-electron chi connectivity index (χ3n) is 3.18. The Labute approximate surface area is 131 Å². The molecule has 1 aromatic heterocycles. The molecule has 4 heteroatoms. The number of rotatable bonds is 9. The molecule has 0 amide bonds. The molecule has 21 heavy (non-hydrogen) atoms. The second-order valence-electron chi connectivity index (χ2n) is 4.99. The first-order valence-electron chi connectivity index (χ1n) is 7.38. The van der Waals surface area contributed by atoms with Crippen molar-refractivity contribution < 1.29 is 0 Å². The zero-order valence-corrected chi connectivity index (χ0v) is 13.1. The van der Waals surface area contributed by atoms with Crippen LogP contribution < -0.4 is 11.1 Å². The molecule has 0 aliphatic carbocycles. The summed E-state index contributed by atoms with van der Waals surface area (Å²) in [5, 5.41) is 3.43. The van der Waals surface area contributed by atoms with Crippen LogP contribution in [0, 0.1) is 0 Å². The molecule has 2 aromatic rings. The van der Waals surface area contributed by atoms with E-state index in [0.29, 0.717) is 0 Å². The lowest BCUT2D eigenvalue weighted by Crippen LogP contribution is -2.29. The predicted octanol–water partition coefficient (Wildman–Crippen LogP) is 2.72. The number of hydrogen-bond acceptors (Lipinski definition) is 4. The summed E-state index contributed by atoms with van der Waals surface area (Å²) in [4.78, 5) is 5.59. The molecule has 2 rings (SSSR count). The van der Waals surface area contributed by atoms with Crippen molar-refractivity contribution in [3.8, 4) is 0 Å². The molecule has 0 saturated carbocycles. The Morgan fingerprint density at radius 1 is 1.05 bits per heavy atom. The standard InChI is InChI=1S/C17H23N3S/c18-15(14-21-17-7-2-1-3-8-17)9-12-19-13-10-16-6-4-5-11-20-16/h1-8,11,15,19H,9-10,12-14,18H2/t15-/m1/s1. The molecular formula is C17H23N3S. The summed E-state index contributed by atoms with van der Waals surface area (Å²) in [6, 6.07) is 16.7. The second kappa shape index (κ2) is 9.55. The molecule has 0 unspecified atom stereocenters. The van der Waals surface area contributed by atoms with E-state index < -0.39 is 0 Å². The highest BCUT2D eigenvalue weighted by Crippen LogP contribution is 2.17. The van der Waals surface area contributed by atoms with Crippen LogP contribution in [0.3, 0.4) is 0 Å². The van der Waals surface area contributed by atoms with Crippen molar-refractivity contribution in [2.45, 2.75) is 23.8 Å². The van der Waals surface area contributed by atoms with E-state index in [1.807, 2.05) is 36.2 Å². The molecule has 112 valence electrons. The van der Waals surface area contributed by atoms with E-state index in [4.69, 9.17) is 5.73 Å². The Morgan fingerprint density at radius 3 is 2.62 bits per heavy atom. The van der Waals surface area contributed by atoms with Crippen molar-refractivity contribution in [1.29, 1.82) is 0 Å². The Morgan fingerprint density at radius 2 is 1.86 bits per heavy atom. The van der Waals surface area contributed by atoms with Crippen molar-refractivity contribution in [1.82, 2.24) is 10.3 Å². The molecule has 3 nitrogen and oxygen atoms in total. The summed E-state index contributed by atoms with van der Waals surface area (Å²) in [6.07, 6.45) is 3.81. The molecule has 0 aliphatic rings. The van der Waals surface area contributed by atoms with E-state index in [1.165, 1.54) is 4.90 Å². The molecule has 1 aromatic carbocycles. The Bertz CT molecular complexity index is 490. The van der Waals surface area contributed by atoms with Crippen LogP contribution in [0.2, 0.25) is 0 Å². The SMILES string of the molecule is N[C@H](CCNCCc1ccccn1)CSc1ccccc1. The molecule has 0 radical (unpaired) electrons. The summed E-state index contributed by atoms with van der Waals surface area (Å²) in [5.41, 5.74) is 7.27. The van der Waals surface area contributed by atoms with E-state index in [-0.39, 0.29) is 6.04 Å². The van der Waals surface area contributed by atoms with Gasteiger partial charge in [0.05, 0.1) is 0 Å². The first kappa shape index (κ1) is 16.0. The van der Waals surface area contributed by atoms with Crippen LogP contribution in [0.4, 0.5) is 0 Å². The van der Waals surface area contributed by atoms with Gasteiger partial charge in [0.25, 0.3) is 0 Å². The third kappa shape index (κ3) is 6.76. The number of nitrogens with zero attached hydrogens (tertiary/aromatic N) is 1. The number of aromatic nitrogens is 1.